The largest absolute Gasteiger partial charge is 0.490 e. The molecule has 4 aromatic rings. The van der Waals surface area contributed by atoms with Crippen molar-refractivity contribution in [3.63, 3.8) is 0 Å². The molecule has 2 atom stereocenters. The minimum absolute atomic E-state index is 0.0398. The molecule has 3 heterocycles. The van der Waals surface area contributed by atoms with Crippen molar-refractivity contribution < 1.29 is 32.9 Å². The number of aliphatic hydroxyl groups excluding tert-OH is 1. The summed E-state index contributed by atoms with van der Waals surface area (Å²) in [6.45, 7) is 4.14. The molecule has 0 radical (unpaired) electrons. The lowest BCUT2D eigenvalue weighted by Gasteiger charge is -2.30. The lowest BCUT2D eigenvalue weighted by molar-refractivity contribution is -0.0223. The highest BCUT2D eigenvalue weighted by atomic mass is 19.1. The van der Waals surface area contributed by atoms with Gasteiger partial charge in [0.05, 0.1) is 54.3 Å². The van der Waals surface area contributed by atoms with Gasteiger partial charge >= 0.3 is 0 Å². The van der Waals surface area contributed by atoms with Gasteiger partial charge in [0.1, 0.15) is 17.2 Å². The van der Waals surface area contributed by atoms with Gasteiger partial charge in [-0.1, -0.05) is 12.1 Å². The van der Waals surface area contributed by atoms with Crippen LogP contribution >= 0.6 is 0 Å². The van der Waals surface area contributed by atoms with E-state index in [1.165, 1.54) is 30.5 Å². The van der Waals surface area contributed by atoms with Gasteiger partial charge in [0.15, 0.2) is 23.1 Å². The Morgan fingerprint density at radius 3 is 2.72 bits per heavy atom. The number of aryl methyl sites for hydroxylation is 1. The van der Waals surface area contributed by atoms with Crippen molar-refractivity contribution in [2.45, 2.75) is 38.8 Å². The van der Waals surface area contributed by atoms with Crippen molar-refractivity contribution in [1.82, 2.24) is 9.97 Å². The van der Waals surface area contributed by atoms with Gasteiger partial charge in [-0.05, 0) is 50.5 Å². The van der Waals surface area contributed by atoms with Crippen LogP contribution < -0.4 is 14.8 Å². The zero-order valence-electron chi connectivity index (χ0n) is 21.6. The molecule has 0 bridgehead atoms. The molecular formula is C29H29F2N3O5. The van der Waals surface area contributed by atoms with Crippen molar-refractivity contribution in [2.75, 3.05) is 25.1 Å². The Balaban J connectivity index is 1.51. The first-order valence-electron chi connectivity index (χ1n) is 12.8. The number of rotatable bonds is 9. The summed E-state index contributed by atoms with van der Waals surface area (Å²) >= 11 is 0. The molecule has 1 fully saturated rings. The van der Waals surface area contributed by atoms with Gasteiger partial charge in [-0.2, -0.15) is 0 Å². The maximum absolute atomic E-state index is 15.4. The average Bonchev–Trinajstić information content (AvgIpc) is 3.36. The number of ether oxygens (including phenoxy) is 3. The molecular weight excluding hydrogens is 508 g/mol. The summed E-state index contributed by atoms with van der Waals surface area (Å²) in [6.07, 6.45) is 4.29. The van der Waals surface area contributed by atoms with Gasteiger partial charge in [-0.15, -0.1) is 0 Å². The molecule has 2 aromatic heterocycles. The summed E-state index contributed by atoms with van der Waals surface area (Å²) in [4.78, 5) is 21.2. The molecule has 0 aliphatic carbocycles. The molecule has 0 spiro atoms. The van der Waals surface area contributed by atoms with Crippen LogP contribution in [0.4, 0.5) is 14.5 Å². The number of ketones is 1. The number of nitrogens with zero attached hydrogens (tertiary/aromatic N) is 1. The normalized spacial score (nSPS) is 17.3. The standard InChI is InChI=1S/C29H29F2N3O5/c1-3-37-24-13-33-29-26(27(24)34-17-8-9-18(14-35)38-15-17)20(12-32-29)28(36)25-16(2)10-19(11-22(25)31)39-23-7-5-4-6-21(23)30/h4-7,10-13,17-18,35H,3,8-9,14-15H2,1-2H3,(H2,32,33,34)/t17-,18+/m1/s1. The van der Waals surface area contributed by atoms with Crippen LogP contribution in [0.15, 0.2) is 48.8 Å². The van der Waals surface area contributed by atoms with E-state index >= 15 is 4.39 Å². The van der Waals surface area contributed by atoms with Crippen LogP contribution in [0.5, 0.6) is 17.2 Å². The summed E-state index contributed by atoms with van der Waals surface area (Å²) in [7, 11) is 0. The molecule has 3 N–H and O–H groups in total. The number of nitrogens with one attached hydrogen (secondary N) is 2. The van der Waals surface area contributed by atoms with Crippen LogP contribution in [0.3, 0.4) is 0 Å². The van der Waals surface area contributed by atoms with Crippen molar-refractivity contribution in [3.05, 3.63) is 77.1 Å². The summed E-state index contributed by atoms with van der Waals surface area (Å²) in [5, 5.41) is 13.3. The van der Waals surface area contributed by atoms with E-state index in [1.807, 2.05) is 6.92 Å². The Labute approximate surface area is 223 Å². The summed E-state index contributed by atoms with van der Waals surface area (Å²) in [6, 6.07) is 8.29. The van der Waals surface area contributed by atoms with E-state index < -0.39 is 17.4 Å². The predicted octanol–water partition coefficient (Wildman–Crippen LogP) is 5.52. The van der Waals surface area contributed by atoms with Gasteiger partial charge in [-0.3, -0.25) is 4.79 Å². The third kappa shape index (κ3) is 5.43. The Kier molecular flexibility index (Phi) is 7.76. The number of benzene rings is 2. The summed E-state index contributed by atoms with van der Waals surface area (Å²) < 4.78 is 46.5. The number of pyridine rings is 1. The Bertz CT molecular complexity index is 1470. The van der Waals surface area contributed by atoms with Gasteiger partial charge in [0.2, 0.25) is 0 Å². The molecule has 1 aliphatic heterocycles. The summed E-state index contributed by atoms with van der Waals surface area (Å²) in [5.41, 5.74) is 1.42. The third-order valence-corrected chi connectivity index (χ3v) is 6.69. The maximum Gasteiger partial charge on any atom is 0.198 e. The minimum atomic E-state index is -0.792. The molecule has 8 nitrogen and oxygen atoms in total. The van der Waals surface area contributed by atoms with Crippen molar-refractivity contribution in [2.24, 2.45) is 0 Å². The number of fused-ring (bicyclic) bond motifs is 1. The Morgan fingerprint density at radius 1 is 1.21 bits per heavy atom. The van der Waals surface area contributed by atoms with Gasteiger partial charge in [0.25, 0.3) is 0 Å². The van der Waals surface area contributed by atoms with Crippen LogP contribution in [-0.4, -0.2) is 52.8 Å². The van der Waals surface area contributed by atoms with Gasteiger partial charge in [0, 0.05) is 18.3 Å². The van der Waals surface area contributed by atoms with E-state index in [4.69, 9.17) is 14.2 Å². The second-order valence-corrected chi connectivity index (χ2v) is 9.37. The van der Waals surface area contributed by atoms with E-state index in [9.17, 15) is 14.3 Å². The number of para-hydroxylation sites is 1. The lowest BCUT2D eigenvalue weighted by Crippen LogP contribution is -2.36. The second-order valence-electron chi connectivity index (χ2n) is 9.37. The number of carbonyl (C=O) groups is 1. The first-order chi connectivity index (χ1) is 18.9. The number of H-pyrrole nitrogens is 1. The number of hydrogen-bond acceptors (Lipinski definition) is 7. The van der Waals surface area contributed by atoms with Gasteiger partial charge in [-0.25, -0.2) is 13.8 Å². The SMILES string of the molecule is CCOc1cnc2[nH]cc(C(=O)c3c(C)cc(Oc4ccccc4F)cc3F)c2c1N[C@@H]1CC[C@@H](CO)OC1. The Morgan fingerprint density at radius 2 is 2.03 bits per heavy atom. The molecule has 0 amide bonds. The molecule has 0 saturated carbocycles. The van der Waals surface area contributed by atoms with Crippen molar-refractivity contribution in [1.29, 1.82) is 0 Å². The van der Waals surface area contributed by atoms with Crippen LogP contribution in [0.1, 0.15) is 41.3 Å². The minimum Gasteiger partial charge on any atom is -0.490 e. The number of aliphatic hydroxyl groups is 1. The summed E-state index contributed by atoms with van der Waals surface area (Å²) in [5.74, 6) is -1.44. The topological polar surface area (TPSA) is 106 Å². The molecule has 39 heavy (non-hydrogen) atoms. The molecule has 204 valence electrons. The average molecular weight is 538 g/mol. The quantitative estimate of drug-likeness (QED) is 0.241. The molecule has 2 aromatic carbocycles. The highest BCUT2D eigenvalue weighted by Gasteiger charge is 2.27. The zero-order chi connectivity index (χ0) is 27.5. The van der Waals surface area contributed by atoms with E-state index in [-0.39, 0.29) is 41.4 Å². The van der Waals surface area contributed by atoms with Crippen LogP contribution in [0, 0.1) is 18.6 Å². The van der Waals surface area contributed by atoms with Crippen molar-refractivity contribution >= 4 is 22.5 Å². The molecule has 10 heteroatoms. The number of aromatic nitrogens is 2. The highest BCUT2D eigenvalue weighted by molar-refractivity contribution is 6.19. The van der Waals surface area contributed by atoms with Crippen LogP contribution in [0.25, 0.3) is 11.0 Å². The number of anilines is 1. The van der Waals surface area contributed by atoms with Crippen molar-refractivity contribution in [3.8, 4) is 17.2 Å². The van der Waals surface area contributed by atoms with Gasteiger partial charge < -0.3 is 29.6 Å². The maximum atomic E-state index is 15.4. The van der Waals surface area contributed by atoms with E-state index in [0.29, 0.717) is 47.7 Å². The van der Waals surface area contributed by atoms with E-state index in [2.05, 4.69) is 15.3 Å². The van der Waals surface area contributed by atoms with Crippen LogP contribution in [-0.2, 0) is 4.74 Å². The first kappa shape index (κ1) is 26.6. The second kappa shape index (κ2) is 11.4. The van der Waals surface area contributed by atoms with E-state index in [0.717, 1.165) is 12.5 Å². The number of aromatic amines is 1. The smallest absolute Gasteiger partial charge is 0.198 e. The van der Waals surface area contributed by atoms with Crippen LogP contribution in [0.2, 0.25) is 0 Å². The fourth-order valence-corrected chi connectivity index (χ4v) is 4.78. The Hall–Kier alpha value is -4.02. The monoisotopic (exact) mass is 537 g/mol. The molecule has 1 aliphatic rings. The number of hydrogen-bond donors (Lipinski definition) is 3. The van der Waals surface area contributed by atoms with E-state index in [1.54, 1.807) is 19.2 Å². The fourth-order valence-electron chi connectivity index (χ4n) is 4.78. The molecule has 5 rings (SSSR count). The highest BCUT2D eigenvalue weighted by Crippen LogP contribution is 2.37. The third-order valence-electron chi connectivity index (χ3n) is 6.69. The molecule has 0 unspecified atom stereocenters. The molecule has 1 saturated heterocycles. The number of halogens is 2. The lowest BCUT2D eigenvalue weighted by atomic mass is 9.97. The zero-order valence-corrected chi connectivity index (χ0v) is 21.6. The number of carbonyl (C=O) groups excluding carboxylic acids is 1. The predicted molar refractivity (Wildman–Crippen MR) is 142 cm³/mol. The fraction of sp³-hybridized carbons (Fsp3) is 0.310. The first-order valence-corrected chi connectivity index (χ1v) is 12.8.